The number of carbonyl (C=O) groups excluding carboxylic acids is 2. The number of alkyl carbamates (subject to hydrolysis) is 1. The number of amides is 2. The molecule has 3 atom stereocenters. The van der Waals surface area contributed by atoms with Crippen LogP contribution in [0.2, 0.25) is 0 Å². The third kappa shape index (κ3) is 5.61. The SMILES string of the molecule is O=C(O)CC(NC(=O)[C@@H]1CCC[C@@H]1CNC(=O)OCC1c2ccccc2-c2ccccc21)C(F)F. The maximum atomic E-state index is 13.1. The normalized spacial score (nSPS) is 19.6. The molecule has 1 unspecified atom stereocenters. The van der Waals surface area contributed by atoms with E-state index >= 15 is 0 Å². The molecule has 9 heteroatoms. The maximum Gasteiger partial charge on any atom is 0.407 e. The summed E-state index contributed by atoms with van der Waals surface area (Å²) >= 11 is 0. The molecule has 1 fully saturated rings. The van der Waals surface area contributed by atoms with Crippen molar-refractivity contribution in [3.05, 3.63) is 59.7 Å². The molecule has 186 valence electrons. The van der Waals surface area contributed by atoms with E-state index in [4.69, 9.17) is 9.84 Å². The Balaban J connectivity index is 1.30. The Morgan fingerprint density at radius 2 is 1.63 bits per heavy atom. The summed E-state index contributed by atoms with van der Waals surface area (Å²) in [6.45, 7) is 0.340. The van der Waals surface area contributed by atoms with Crippen molar-refractivity contribution >= 4 is 18.0 Å². The molecule has 0 bridgehead atoms. The summed E-state index contributed by atoms with van der Waals surface area (Å²) < 4.78 is 31.7. The molecule has 4 rings (SSSR count). The third-order valence-electron chi connectivity index (χ3n) is 6.87. The van der Waals surface area contributed by atoms with Crippen molar-refractivity contribution in [2.24, 2.45) is 11.8 Å². The fourth-order valence-corrected chi connectivity index (χ4v) is 5.17. The van der Waals surface area contributed by atoms with E-state index < -0.39 is 42.8 Å². The number of alkyl halides is 2. The molecule has 3 N–H and O–H groups in total. The number of halogens is 2. The summed E-state index contributed by atoms with van der Waals surface area (Å²) in [6, 6.07) is 14.3. The van der Waals surface area contributed by atoms with Crippen LogP contribution in [0.15, 0.2) is 48.5 Å². The van der Waals surface area contributed by atoms with Crippen LogP contribution in [0.5, 0.6) is 0 Å². The van der Waals surface area contributed by atoms with Gasteiger partial charge in [-0.1, -0.05) is 55.0 Å². The Bertz CT molecular complexity index is 1050. The summed E-state index contributed by atoms with van der Waals surface area (Å²) in [5, 5.41) is 13.7. The Morgan fingerprint density at radius 1 is 1.00 bits per heavy atom. The average Bonchev–Trinajstić information content (AvgIpc) is 3.43. The van der Waals surface area contributed by atoms with E-state index in [-0.39, 0.29) is 25.0 Å². The van der Waals surface area contributed by atoms with Gasteiger partial charge in [0.25, 0.3) is 6.43 Å². The molecule has 0 saturated heterocycles. The predicted octanol–water partition coefficient (Wildman–Crippen LogP) is 4.17. The maximum absolute atomic E-state index is 13.1. The van der Waals surface area contributed by atoms with E-state index in [2.05, 4.69) is 22.8 Å². The van der Waals surface area contributed by atoms with Crippen molar-refractivity contribution in [2.75, 3.05) is 13.2 Å². The summed E-state index contributed by atoms with van der Waals surface area (Å²) in [6.07, 6.45) is -2.57. The highest BCUT2D eigenvalue weighted by molar-refractivity contribution is 5.81. The topological polar surface area (TPSA) is 105 Å². The highest BCUT2D eigenvalue weighted by Crippen LogP contribution is 2.44. The smallest absolute Gasteiger partial charge is 0.407 e. The summed E-state index contributed by atoms with van der Waals surface area (Å²) in [7, 11) is 0. The lowest BCUT2D eigenvalue weighted by atomic mass is 9.94. The minimum atomic E-state index is -2.98. The second kappa shape index (κ2) is 10.8. The molecule has 0 aromatic heterocycles. The van der Waals surface area contributed by atoms with Gasteiger partial charge in [-0.05, 0) is 41.0 Å². The number of carbonyl (C=O) groups is 3. The first-order valence-electron chi connectivity index (χ1n) is 11.7. The van der Waals surface area contributed by atoms with Gasteiger partial charge < -0.3 is 20.5 Å². The first kappa shape index (κ1) is 24.6. The molecule has 7 nitrogen and oxygen atoms in total. The molecule has 0 spiro atoms. The van der Waals surface area contributed by atoms with Crippen molar-refractivity contribution in [2.45, 2.75) is 44.1 Å². The predicted molar refractivity (Wildman–Crippen MR) is 124 cm³/mol. The van der Waals surface area contributed by atoms with Gasteiger partial charge in [-0.15, -0.1) is 0 Å². The quantitative estimate of drug-likeness (QED) is 0.494. The zero-order valence-electron chi connectivity index (χ0n) is 19.1. The van der Waals surface area contributed by atoms with E-state index in [9.17, 15) is 23.2 Å². The fourth-order valence-electron chi connectivity index (χ4n) is 5.17. The Labute approximate surface area is 201 Å². The van der Waals surface area contributed by atoms with Crippen LogP contribution < -0.4 is 10.6 Å². The van der Waals surface area contributed by atoms with Gasteiger partial charge in [-0.25, -0.2) is 13.6 Å². The van der Waals surface area contributed by atoms with E-state index in [0.717, 1.165) is 22.3 Å². The van der Waals surface area contributed by atoms with Crippen LogP contribution in [0, 0.1) is 11.8 Å². The number of fused-ring (bicyclic) bond motifs is 3. The molecule has 0 heterocycles. The van der Waals surface area contributed by atoms with Crippen LogP contribution in [0.25, 0.3) is 11.1 Å². The standard InChI is InChI=1S/C26H28F2N2O5/c27-24(28)22(12-23(31)32)30-25(33)16-11-5-6-15(16)13-29-26(34)35-14-21-19-9-3-1-7-17(19)18-8-2-4-10-20(18)21/h1-4,7-10,15-16,21-22,24H,5-6,11-14H2,(H,29,34)(H,30,33)(H,31,32)/t15-,16-,22?/m1/s1. The lowest BCUT2D eigenvalue weighted by Gasteiger charge is -2.23. The van der Waals surface area contributed by atoms with Gasteiger partial charge in [0.05, 0.1) is 6.42 Å². The Morgan fingerprint density at radius 3 is 2.23 bits per heavy atom. The number of aliphatic carboxylic acids is 1. The third-order valence-corrected chi connectivity index (χ3v) is 6.87. The summed E-state index contributed by atoms with van der Waals surface area (Å²) in [5.41, 5.74) is 4.46. The minimum Gasteiger partial charge on any atom is -0.481 e. The first-order valence-corrected chi connectivity index (χ1v) is 11.7. The number of hydrogen-bond acceptors (Lipinski definition) is 4. The largest absolute Gasteiger partial charge is 0.481 e. The number of rotatable bonds is 9. The van der Waals surface area contributed by atoms with Crippen LogP contribution in [0.4, 0.5) is 13.6 Å². The fraction of sp³-hybridized carbons (Fsp3) is 0.423. The van der Waals surface area contributed by atoms with Crippen LogP contribution in [-0.4, -0.2) is 48.7 Å². The van der Waals surface area contributed by atoms with Crippen molar-refractivity contribution in [3.63, 3.8) is 0 Å². The molecule has 2 aliphatic carbocycles. The molecule has 2 aliphatic rings. The van der Waals surface area contributed by atoms with Gasteiger partial charge in [0, 0.05) is 18.4 Å². The highest BCUT2D eigenvalue weighted by Gasteiger charge is 2.36. The molecule has 0 radical (unpaired) electrons. The van der Waals surface area contributed by atoms with Crippen molar-refractivity contribution < 1.29 is 33.0 Å². The van der Waals surface area contributed by atoms with Crippen LogP contribution in [-0.2, 0) is 14.3 Å². The zero-order chi connectivity index (χ0) is 24.9. The molecule has 2 aromatic carbocycles. The van der Waals surface area contributed by atoms with Gasteiger partial charge in [-0.3, -0.25) is 9.59 Å². The van der Waals surface area contributed by atoms with Crippen molar-refractivity contribution in [3.8, 4) is 11.1 Å². The summed E-state index contributed by atoms with van der Waals surface area (Å²) in [5.74, 6) is -2.89. The number of carboxylic acids is 1. The number of hydrogen-bond donors (Lipinski definition) is 3. The van der Waals surface area contributed by atoms with Gasteiger partial charge in [0.1, 0.15) is 12.6 Å². The minimum absolute atomic E-state index is 0.0707. The van der Waals surface area contributed by atoms with Crippen molar-refractivity contribution in [1.82, 2.24) is 10.6 Å². The van der Waals surface area contributed by atoms with E-state index in [1.807, 2.05) is 36.4 Å². The van der Waals surface area contributed by atoms with Gasteiger partial charge in [0.2, 0.25) is 5.91 Å². The monoisotopic (exact) mass is 486 g/mol. The van der Waals surface area contributed by atoms with Gasteiger partial charge in [0.15, 0.2) is 0 Å². The Hall–Kier alpha value is -3.49. The molecular weight excluding hydrogens is 458 g/mol. The number of ether oxygens (including phenoxy) is 1. The second-order valence-electron chi connectivity index (χ2n) is 9.05. The van der Waals surface area contributed by atoms with Gasteiger partial charge in [-0.2, -0.15) is 0 Å². The lowest BCUT2D eigenvalue weighted by molar-refractivity contribution is -0.139. The number of nitrogens with one attached hydrogen (secondary N) is 2. The number of benzene rings is 2. The highest BCUT2D eigenvalue weighted by atomic mass is 19.3. The lowest BCUT2D eigenvalue weighted by Crippen LogP contribution is -2.46. The van der Waals surface area contributed by atoms with Crippen molar-refractivity contribution in [1.29, 1.82) is 0 Å². The second-order valence-corrected chi connectivity index (χ2v) is 9.05. The molecule has 1 saturated carbocycles. The first-order chi connectivity index (χ1) is 16.8. The molecule has 2 aromatic rings. The van der Waals surface area contributed by atoms with Crippen LogP contribution in [0.3, 0.4) is 0 Å². The van der Waals surface area contributed by atoms with Crippen LogP contribution in [0.1, 0.15) is 42.7 Å². The molecule has 35 heavy (non-hydrogen) atoms. The average molecular weight is 487 g/mol. The zero-order valence-corrected chi connectivity index (χ0v) is 19.1. The molecule has 2 amide bonds. The van der Waals surface area contributed by atoms with Crippen LogP contribution >= 0.6 is 0 Å². The number of carboxylic acid groups (broad SMARTS) is 1. The van der Waals surface area contributed by atoms with E-state index in [1.54, 1.807) is 0 Å². The van der Waals surface area contributed by atoms with E-state index in [1.165, 1.54) is 0 Å². The summed E-state index contributed by atoms with van der Waals surface area (Å²) in [4.78, 5) is 35.8. The Kier molecular flexibility index (Phi) is 7.63. The molecular formula is C26H28F2N2O5. The van der Waals surface area contributed by atoms with E-state index in [0.29, 0.717) is 19.3 Å². The molecule has 0 aliphatic heterocycles. The van der Waals surface area contributed by atoms with Gasteiger partial charge >= 0.3 is 12.1 Å².